The van der Waals surface area contributed by atoms with Crippen LogP contribution >= 0.6 is 11.3 Å². The number of nitrogens with zero attached hydrogens (tertiary/aromatic N) is 1. The number of hydrogen-bond acceptors (Lipinski definition) is 3. The first-order valence-corrected chi connectivity index (χ1v) is 9.37. The maximum Gasteiger partial charge on any atom is 0.314 e. The molecule has 0 saturated carbocycles. The summed E-state index contributed by atoms with van der Waals surface area (Å²) in [6.07, 6.45) is 0.499. The van der Waals surface area contributed by atoms with Crippen LogP contribution in [0.25, 0.3) is 10.6 Å². The molecular formula is C21H17F2NO2S. The summed E-state index contributed by atoms with van der Waals surface area (Å²) in [5.74, 6) is -1.67. The van der Waals surface area contributed by atoms with Crippen molar-refractivity contribution in [3.63, 3.8) is 0 Å². The van der Waals surface area contributed by atoms with Crippen LogP contribution in [0.2, 0.25) is 0 Å². The van der Waals surface area contributed by atoms with Gasteiger partial charge in [-0.2, -0.15) is 0 Å². The van der Waals surface area contributed by atoms with Gasteiger partial charge in [-0.25, -0.2) is 13.8 Å². The van der Waals surface area contributed by atoms with Crippen molar-refractivity contribution in [3.05, 3.63) is 75.3 Å². The molecule has 1 heterocycles. The Morgan fingerprint density at radius 1 is 1.19 bits per heavy atom. The van der Waals surface area contributed by atoms with Crippen LogP contribution in [0.3, 0.4) is 0 Å². The van der Waals surface area contributed by atoms with E-state index in [0.717, 1.165) is 26.7 Å². The van der Waals surface area contributed by atoms with Gasteiger partial charge in [-0.05, 0) is 54.8 Å². The smallest absolute Gasteiger partial charge is 0.314 e. The average molecular weight is 385 g/mol. The van der Waals surface area contributed by atoms with Gasteiger partial charge >= 0.3 is 5.97 Å². The lowest BCUT2D eigenvalue weighted by atomic mass is 9.76. The van der Waals surface area contributed by atoms with E-state index in [4.69, 9.17) is 0 Å². The molecule has 0 fully saturated rings. The Labute approximate surface area is 159 Å². The molecule has 27 heavy (non-hydrogen) atoms. The molecular weight excluding hydrogens is 368 g/mol. The number of aliphatic carboxylic acids is 1. The first-order chi connectivity index (χ1) is 12.8. The second-order valence-electron chi connectivity index (χ2n) is 7.00. The van der Waals surface area contributed by atoms with Crippen molar-refractivity contribution in [2.24, 2.45) is 0 Å². The molecule has 6 heteroatoms. The minimum atomic E-state index is -1.20. The zero-order valence-corrected chi connectivity index (χ0v) is 15.7. The largest absolute Gasteiger partial charge is 0.481 e. The van der Waals surface area contributed by atoms with Crippen molar-refractivity contribution >= 4 is 17.3 Å². The molecule has 1 N–H and O–H groups in total. The maximum absolute atomic E-state index is 14.0. The van der Waals surface area contributed by atoms with E-state index in [-0.39, 0.29) is 18.7 Å². The predicted molar refractivity (Wildman–Crippen MR) is 100 cm³/mol. The Hall–Kier alpha value is -2.60. The van der Waals surface area contributed by atoms with Gasteiger partial charge in [0, 0.05) is 23.3 Å². The fourth-order valence-electron chi connectivity index (χ4n) is 3.85. The van der Waals surface area contributed by atoms with Crippen molar-refractivity contribution in [2.75, 3.05) is 0 Å². The summed E-state index contributed by atoms with van der Waals surface area (Å²) in [6.45, 7) is 3.44. The van der Waals surface area contributed by atoms with Gasteiger partial charge in [0.2, 0.25) is 0 Å². The fraction of sp³-hybridized carbons (Fsp3) is 0.238. The van der Waals surface area contributed by atoms with Gasteiger partial charge in [0.25, 0.3) is 0 Å². The topological polar surface area (TPSA) is 50.2 Å². The van der Waals surface area contributed by atoms with E-state index in [2.05, 4.69) is 4.98 Å². The van der Waals surface area contributed by atoms with E-state index in [1.165, 1.54) is 29.5 Å². The summed E-state index contributed by atoms with van der Waals surface area (Å²) < 4.78 is 27.4. The lowest BCUT2D eigenvalue weighted by molar-refractivity contribution is -0.143. The van der Waals surface area contributed by atoms with Crippen molar-refractivity contribution in [1.82, 2.24) is 4.98 Å². The standard InChI is InChI=1S/C21H17F2NO2S/c1-11-8-13(22)6-7-14(11)19-24-17-9-21(20(25)26,10-18(17)27-19)15-4-3-5-16(23)12(15)2/h3-8H,9-10H2,1-2H3,(H,25,26). The highest BCUT2D eigenvalue weighted by molar-refractivity contribution is 7.15. The quantitative estimate of drug-likeness (QED) is 0.703. The van der Waals surface area contributed by atoms with Crippen LogP contribution < -0.4 is 0 Å². The lowest BCUT2D eigenvalue weighted by Crippen LogP contribution is -2.37. The van der Waals surface area contributed by atoms with E-state index in [0.29, 0.717) is 11.1 Å². The van der Waals surface area contributed by atoms with E-state index in [9.17, 15) is 18.7 Å². The van der Waals surface area contributed by atoms with E-state index < -0.39 is 17.2 Å². The molecule has 1 atom stereocenters. The van der Waals surface area contributed by atoms with Crippen molar-refractivity contribution in [1.29, 1.82) is 0 Å². The number of carboxylic acids is 1. The number of benzene rings is 2. The molecule has 2 aromatic carbocycles. The van der Waals surface area contributed by atoms with Crippen LogP contribution in [-0.4, -0.2) is 16.1 Å². The molecule has 3 nitrogen and oxygen atoms in total. The number of rotatable bonds is 3. The van der Waals surface area contributed by atoms with Gasteiger partial charge < -0.3 is 5.11 Å². The minimum Gasteiger partial charge on any atom is -0.481 e. The number of halogens is 2. The first kappa shape index (κ1) is 17.8. The molecule has 138 valence electrons. The number of aromatic nitrogens is 1. The SMILES string of the molecule is Cc1cc(F)ccc1-c1nc2c(s1)CC(C(=O)O)(c1cccc(F)c1C)C2. The third-order valence-corrected chi connectivity index (χ3v) is 6.45. The molecule has 0 bridgehead atoms. The monoisotopic (exact) mass is 385 g/mol. The first-order valence-electron chi connectivity index (χ1n) is 8.56. The summed E-state index contributed by atoms with van der Waals surface area (Å²) in [6, 6.07) is 9.13. The molecule has 4 rings (SSSR count). The highest BCUT2D eigenvalue weighted by Gasteiger charge is 2.48. The Morgan fingerprint density at radius 3 is 2.63 bits per heavy atom. The minimum absolute atomic E-state index is 0.221. The van der Waals surface area contributed by atoms with Crippen LogP contribution in [0.1, 0.15) is 27.3 Å². The predicted octanol–water partition coefficient (Wildman–Crippen LogP) is 4.83. The third kappa shape index (κ3) is 2.75. The van der Waals surface area contributed by atoms with Gasteiger partial charge in [-0.1, -0.05) is 12.1 Å². The van der Waals surface area contributed by atoms with Crippen LogP contribution in [0.5, 0.6) is 0 Å². The number of carbonyl (C=O) groups is 1. The molecule has 0 saturated heterocycles. The molecule has 1 unspecified atom stereocenters. The Kier molecular flexibility index (Phi) is 4.11. The van der Waals surface area contributed by atoms with Gasteiger partial charge in [0.15, 0.2) is 0 Å². The number of aryl methyl sites for hydroxylation is 1. The summed E-state index contributed by atoms with van der Waals surface area (Å²) in [4.78, 5) is 17.7. The number of thiazole rings is 1. The zero-order valence-electron chi connectivity index (χ0n) is 14.8. The lowest BCUT2D eigenvalue weighted by Gasteiger charge is -2.26. The second-order valence-corrected chi connectivity index (χ2v) is 8.08. The highest BCUT2D eigenvalue weighted by Crippen LogP contribution is 2.45. The number of hydrogen-bond donors (Lipinski definition) is 1. The average Bonchev–Trinajstić information content (AvgIpc) is 3.14. The van der Waals surface area contributed by atoms with Crippen LogP contribution in [-0.2, 0) is 23.1 Å². The summed E-state index contributed by atoms with van der Waals surface area (Å²) in [5.41, 5.74) is 2.03. The number of fused-ring (bicyclic) bond motifs is 1. The zero-order chi connectivity index (χ0) is 19.3. The Balaban J connectivity index is 1.76. The molecule has 1 aromatic heterocycles. The van der Waals surface area contributed by atoms with Gasteiger partial charge in [-0.15, -0.1) is 11.3 Å². The summed E-state index contributed by atoms with van der Waals surface area (Å²) >= 11 is 1.43. The van der Waals surface area contributed by atoms with Crippen LogP contribution in [0.15, 0.2) is 36.4 Å². The highest BCUT2D eigenvalue weighted by atomic mass is 32.1. The van der Waals surface area contributed by atoms with Crippen LogP contribution in [0.4, 0.5) is 8.78 Å². The molecule has 0 spiro atoms. The molecule has 0 amide bonds. The van der Waals surface area contributed by atoms with Crippen molar-refractivity contribution in [3.8, 4) is 10.6 Å². The van der Waals surface area contributed by atoms with E-state index in [1.54, 1.807) is 25.1 Å². The second kappa shape index (κ2) is 6.23. The van der Waals surface area contributed by atoms with Gasteiger partial charge in [0.1, 0.15) is 22.1 Å². The fourth-order valence-corrected chi connectivity index (χ4v) is 5.13. The summed E-state index contributed by atoms with van der Waals surface area (Å²) in [5, 5.41) is 10.8. The van der Waals surface area contributed by atoms with Crippen LogP contribution in [0, 0.1) is 25.5 Å². The van der Waals surface area contributed by atoms with Crippen molar-refractivity contribution < 1.29 is 18.7 Å². The van der Waals surface area contributed by atoms with Gasteiger partial charge in [-0.3, -0.25) is 4.79 Å². The molecule has 0 aliphatic heterocycles. The normalized spacial score (nSPS) is 18.5. The number of carboxylic acid groups (broad SMARTS) is 1. The van der Waals surface area contributed by atoms with E-state index in [1.807, 2.05) is 6.92 Å². The van der Waals surface area contributed by atoms with Crippen molar-refractivity contribution in [2.45, 2.75) is 32.1 Å². The molecule has 3 aromatic rings. The molecule has 0 radical (unpaired) electrons. The molecule has 1 aliphatic rings. The van der Waals surface area contributed by atoms with E-state index >= 15 is 0 Å². The Morgan fingerprint density at radius 2 is 1.96 bits per heavy atom. The third-order valence-electron chi connectivity index (χ3n) is 5.32. The molecule has 1 aliphatic carbocycles. The van der Waals surface area contributed by atoms with Gasteiger partial charge in [0.05, 0.1) is 5.69 Å². The summed E-state index contributed by atoms with van der Waals surface area (Å²) in [7, 11) is 0. The Bertz CT molecular complexity index is 1050. The maximum atomic E-state index is 14.0.